The van der Waals surface area contributed by atoms with Gasteiger partial charge in [-0.05, 0) is 149 Å². The van der Waals surface area contributed by atoms with Gasteiger partial charge in [-0.25, -0.2) is 0 Å². The topological polar surface area (TPSA) is 180 Å². The molecule has 3 aromatic rings. The minimum Gasteiger partial charge on any atom is -0.435 e. The minimum atomic E-state index is -2.90. The van der Waals surface area contributed by atoms with Crippen LogP contribution >= 0.6 is 0 Å². The molecule has 4 unspecified atom stereocenters. The van der Waals surface area contributed by atoms with Gasteiger partial charge in [0.2, 0.25) is 0 Å². The number of ether oxygens (including phenoxy) is 4. The van der Waals surface area contributed by atoms with Crippen molar-refractivity contribution in [2.45, 2.75) is 133 Å². The summed E-state index contributed by atoms with van der Waals surface area (Å²) < 4.78 is 48.8. The molecule has 2 N–H and O–H groups in total. The number of aromatic nitrogens is 1. The number of aliphatic imine (C=N–C) groups is 2. The van der Waals surface area contributed by atoms with Crippen LogP contribution in [0.3, 0.4) is 0 Å². The lowest BCUT2D eigenvalue weighted by Gasteiger charge is -2.59. The molecule has 0 saturated heterocycles. The van der Waals surface area contributed by atoms with Gasteiger partial charge in [-0.15, -0.1) is 0 Å². The number of carbonyl (C=O) groups excluding carboxylic acids is 2. The van der Waals surface area contributed by atoms with E-state index in [1.54, 1.807) is 18.3 Å². The van der Waals surface area contributed by atoms with E-state index in [1.807, 2.05) is 30.3 Å². The molecule has 338 valence electrons. The van der Waals surface area contributed by atoms with E-state index in [9.17, 15) is 28.9 Å². The fourth-order valence-corrected chi connectivity index (χ4v) is 13.8. The second-order valence-electron chi connectivity index (χ2n) is 20.7. The third-order valence-electron chi connectivity index (χ3n) is 16.6. The van der Waals surface area contributed by atoms with Crippen molar-refractivity contribution in [1.82, 2.24) is 15.6 Å². The van der Waals surface area contributed by atoms with Crippen LogP contribution in [0, 0.1) is 69.2 Å². The number of amidine groups is 2. The number of nitrogens with zero attached hydrogens (tertiary/aromatic N) is 5. The van der Waals surface area contributed by atoms with Gasteiger partial charge in [-0.3, -0.25) is 35.2 Å². The Hall–Kier alpha value is -5.51. The SMILES string of the molecule is N#CNC(=NC1C2CC3CC1CC(C(=O)OC(=O)C14CC5CC(C1)C(N=C(NC#N)C1(OCc6cccc7cccnc67)CC1)C(C5)C4)(C3)C2)C1(OCc2ccc(OC(F)F)cc2)CC1. The summed E-state index contributed by atoms with van der Waals surface area (Å²) >= 11 is 0. The maximum absolute atomic E-state index is 14.5. The summed E-state index contributed by atoms with van der Waals surface area (Å²) in [7, 11) is 0. The Morgan fingerprint density at radius 2 is 1.22 bits per heavy atom. The first kappa shape index (κ1) is 42.1. The number of alkyl halides is 2. The summed E-state index contributed by atoms with van der Waals surface area (Å²) in [5.41, 5.74) is -0.203. The summed E-state index contributed by atoms with van der Waals surface area (Å²) in [5.74, 6) is 1.58. The smallest absolute Gasteiger partial charge is 0.387 e. The molecule has 2 aromatic carbocycles. The Balaban J connectivity index is 0.749. The molecule has 8 bridgehead atoms. The van der Waals surface area contributed by atoms with Gasteiger partial charge < -0.3 is 18.9 Å². The molecular weight excluding hydrogens is 833 g/mol. The van der Waals surface area contributed by atoms with Crippen LogP contribution in [0.1, 0.15) is 101 Å². The molecule has 0 aliphatic heterocycles. The molecule has 13 rings (SSSR count). The molecule has 0 spiro atoms. The Morgan fingerprint density at radius 3 is 1.71 bits per heavy atom. The molecule has 1 aromatic heterocycles. The number of carbonyl (C=O) groups is 2. The Morgan fingerprint density at radius 1 is 0.708 bits per heavy atom. The van der Waals surface area contributed by atoms with Crippen molar-refractivity contribution < 1.29 is 37.3 Å². The lowest BCUT2D eigenvalue weighted by molar-refractivity contribution is -0.192. The second kappa shape index (κ2) is 16.1. The summed E-state index contributed by atoms with van der Waals surface area (Å²) in [6.07, 6.45) is 16.5. The second-order valence-corrected chi connectivity index (χ2v) is 20.7. The third kappa shape index (κ3) is 7.72. The zero-order chi connectivity index (χ0) is 44.6. The van der Waals surface area contributed by atoms with Crippen molar-refractivity contribution in [3.8, 4) is 18.1 Å². The molecule has 13 nitrogen and oxygen atoms in total. The van der Waals surface area contributed by atoms with E-state index in [1.165, 1.54) is 12.1 Å². The van der Waals surface area contributed by atoms with Crippen molar-refractivity contribution in [2.24, 2.45) is 56.3 Å². The fraction of sp³-hybridized carbons (Fsp3) is 0.580. The average Bonchev–Trinajstić information content (AvgIpc) is 4.24. The number of para-hydroxylation sites is 1. The summed E-state index contributed by atoms with van der Waals surface area (Å²) in [5, 5.41) is 26.4. The average molecular weight is 886 g/mol. The van der Waals surface area contributed by atoms with Gasteiger partial charge in [0.25, 0.3) is 0 Å². The van der Waals surface area contributed by atoms with Gasteiger partial charge in [-0.2, -0.15) is 19.3 Å². The largest absolute Gasteiger partial charge is 0.435 e. The van der Waals surface area contributed by atoms with Crippen LogP contribution in [-0.4, -0.2) is 58.5 Å². The maximum atomic E-state index is 14.5. The van der Waals surface area contributed by atoms with Gasteiger partial charge in [0.15, 0.2) is 12.4 Å². The lowest BCUT2D eigenvalue weighted by atomic mass is 9.47. The van der Waals surface area contributed by atoms with E-state index in [2.05, 4.69) is 32.7 Å². The van der Waals surface area contributed by atoms with Gasteiger partial charge in [0.1, 0.15) is 28.6 Å². The summed E-state index contributed by atoms with van der Waals surface area (Å²) in [6.45, 7) is -2.34. The van der Waals surface area contributed by atoms with Crippen molar-refractivity contribution >= 4 is 34.5 Å². The molecular formula is C50H53F2N7O6. The predicted octanol–water partition coefficient (Wildman–Crippen LogP) is 8.03. The van der Waals surface area contributed by atoms with E-state index in [4.69, 9.17) is 24.2 Å². The van der Waals surface area contributed by atoms with E-state index >= 15 is 0 Å². The third-order valence-corrected chi connectivity index (χ3v) is 16.6. The van der Waals surface area contributed by atoms with E-state index in [0.29, 0.717) is 75.1 Å². The van der Waals surface area contributed by atoms with Crippen molar-refractivity contribution in [3.63, 3.8) is 0 Å². The highest BCUT2D eigenvalue weighted by atomic mass is 19.3. The molecule has 10 aliphatic rings. The minimum absolute atomic E-state index is 0.0535. The number of nitrogens with one attached hydrogen (secondary N) is 2. The molecule has 10 aliphatic carbocycles. The van der Waals surface area contributed by atoms with Gasteiger partial charge in [-0.1, -0.05) is 36.4 Å². The number of pyridine rings is 1. The summed E-state index contributed by atoms with van der Waals surface area (Å²) in [4.78, 5) is 44.0. The highest BCUT2D eigenvalue weighted by Gasteiger charge is 2.64. The zero-order valence-corrected chi connectivity index (χ0v) is 36.2. The lowest BCUT2D eigenvalue weighted by Crippen LogP contribution is -2.59. The normalized spacial score (nSPS) is 34.2. The molecule has 10 fully saturated rings. The molecule has 65 heavy (non-hydrogen) atoms. The number of rotatable bonds is 14. The van der Waals surface area contributed by atoms with Crippen LogP contribution in [0.2, 0.25) is 0 Å². The van der Waals surface area contributed by atoms with Crippen LogP contribution in [0.4, 0.5) is 8.78 Å². The molecule has 0 radical (unpaired) electrons. The predicted molar refractivity (Wildman–Crippen MR) is 231 cm³/mol. The van der Waals surface area contributed by atoms with E-state index in [-0.39, 0.29) is 60.1 Å². The highest BCUT2D eigenvalue weighted by Crippen LogP contribution is 2.64. The van der Waals surface area contributed by atoms with E-state index in [0.717, 1.165) is 67.0 Å². The van der Waals surface area contributed by atoms with E-state index < -0.39 is 28.6 Å². The van der Waals surface area contributed by atoms with Crippen molar-refractivity contribution in [3.05, 3.63) is 71.9 Å². The van der Waals surface area contributed by atoms with Crippen LogP contribution < -0.4 is 15.4 Å². The van der Waals surface area contributed by atoms with Gasteiger partial charge in [0.05, 0.1) is 41.6 Å². The first-order valence-electron chi connectivity index (χ1n) is 23.4. The zero-order valence-electron chi connectivity index (χ0n) is 36.2. The molecule has 10 saturated carbocycles. The number of fused-ring (bicyclic) bond motifs is 1. The Bertz CT molecular complexity index is 2490. The number of benzene rings is 2. The van der Waals surface area contributed by atoms with Gasteiger partial charge >= 0.3 is 18.6 Å². The number of hydrogen-bond donors (Lipinski definition) is 2. The molecule has 15 heteroatoms. The molecule has 4 atom stereocenters. The first-order valence-corrected chi connectivity index (χ1v) is 23.4. The Labute approximate surface area is 376 Å². The number of esters is 2. The quantitative estimate of drug-likeness (QED) is 0.0400. The number of hydrogen-bond acceptors (Lipinski definition) is 11. The van der Waals surface area contributed by atoms with Crippen LogP contribution in [0.25, 0.3) is 10.9 Å². The van der Waals surface area contributed by atoms with Gasteiger partial charge in [0, 0.05) is 17.1 Å². The standard InChI is InChI=1S/C50H53F2N7O6/c51-46(52)64-38-8-6-29(7-9-38)25-62-49(10-11-49)42(56-27-53)58-40-34-15-30-16-35(40)22-47(19-30,21-34)44(60)65-45(61)48-20-31-17-36(23-48)41(37(18-31)24-48)59-43(57-28-54)50(12-13-50)63-26-33-4-1-3-32-5-2-14-55-39(32)33/h1-9,14,30-31,34-37,40-41,46H,10-13,15-26H2,(H,56,58)(H,57,59). The Kier molecular flexibility index (Phi) is 10.5. The van der Waals surface area contributed by atoms with Crippen LogP contribution in [0.5, 0.6) is 5.75 Å². The highest BCUT2D eigenvalue weighted by molar-refractivity contribution is 5.96. The number of halogens is 2. The number of nitriles is 2. The van der Waals surface area contributed by atoms with Crippen molar-refractivity contribution in [1.29, 1.82) is 10.5 Å². The van der Waals surface area contributed by atoms with Crippen molar-refractivity contribution in [2.75, 3.05) is 0 Å². The monoisotopic (exact) mass is 885 g/mol. The maximum Gasteiger partial charge on any atom is 0.387 e. The molecule has 1 heterocycles. The first-order chi connectivity index (χ1) is 31.5. The van der Waals surface area contributed by atoms with Crippen LogP contribution in [-0.2, 0) is 37.0 Å². The van der Waals surface area contributed by atoms with Crippen LogP contribution in [0.15, 0.2) is 70.8 Å². The summed E-state index contributed by atoms with van der Waals surface area (Å²) in [6, 6.07) is 16.2. The molecule has 0 amide bonds. The fourth-order valence-electron chi connectivity index (χ4n) is 13.8.